The average molecular weight is 352 g/mol. The highest BCUT2D eigenvalue weighted by Gasteiger charge is 2.22. The van der Waals surface area contributed by atoms with E-state index in [1.54, 1.807) is 43.4 Å². The Bertz CT molecular complexity index is 795. The normalized spacial score (nSPS) is 10.3. The molecule has 26 heavy (non-hydrogen) atoms. The van der Waals surface area contributed by atoms with E-state index in [0.29, 0.717) is 29.2 Å². The lowest BCUT2D eigenvalue weighted by Crippen LogP contribution is -2.36. The summed E-state index contributed by atoms with van der Waals surface area (Å²) >= 11 is 0. The summed E-state index contributed by atoms with van der Waals surface area (Å²) in [6.45, 7) is 6.30. The van der Waals surface area contributed by atoms with Crippen molar-refractivity contribution in [3.63, 3.8) is 0 Å². The van der Waals surface area contributed by atoms with Crippen LogP contribution < -0.4 is 9.47 Å². The van der Waals surface area contributed by atoms with Gasteiger partial charge in [-0.3, -0.25) is 4.79 Å². The Morgan fingerprint density at radius 3 is 2.08 bits per heavy atom. The topological polar surface area (TPSA) is 62.6 Å². The number of nitriles is 1. The molecule has 0 atom stereocenters. The fourth-order valence-corrected chi connectivity index (χ4v) is 2.75. The number of carbonyl (C=O) groups is 1. The van der Waals surface area contributed by atoms with E-state index >= 15 is 0 Å². The van der Waals surface area contributed by atoms with Crippen LogP contribution in [0.15, 0.2) is 36.4 Å². The molecule has 0 N–H and O–H groups in total. The number of amides is 1. The molecule has 0 heterocycles. The van der Waals surface area contributed by atoms with Gasteiger partial charge in [-0.05, 0) is 50.6 Å². The molecule has 0 radical (unpaired) electrons. The largest absolute Gasteiger partial charge is 0.496 e. The summed E-state index contributed by atoms with van der Waals surface area (Å²) in [5.74, 6) is 1.14. The lowest BCUT2D eigenvalue weighted by molar-refractivity contribution is 0.0689. The first-order chi connectivity index (χ1) is 12.4. The Kier molecular flexibility index (Phi) is 6.24. The number of nitrogens with zero attached hydrogens (tertiary/aromatic N) is 2. The van der Waals surface area contributed by atoms with Gasteiger partial charge in [0, 0.05) is 23.7 Å². The van der Waals surface area contributed by atoms with Crippen LogP contribution in [-0.4, -0.2) is 31.1 Å². The molecule has 0 aliphatic carbocycles. The molecule has 0 aliphatic rings. The molecule has 1 amide bonds. The zero-order chi connectivity index (χ0) is 19.3. The number of carbonyl (C=O) groups excluding carboxylic acids is 1. The van der Waals surface area contributed by atoms with E-state index in [0.717, 1.165) is 11.1 Å². The van der Waals surface area contributed by atoms with Gasteiger partial charge < -0.3 is 14.4 Å². The minimum absolute atomic E-state index is 0.0106. The number of methoxy groups -OCH3 is 2. The minimum Gasteiger partial charge on any atom is -0.496 e. The average Bonchev–Trinajstić information content (AvgIpc) is 2.66. The van der Waals surface area contributed by atoms with Crippen molar-refractivity contribution in [1.29, 1.82) is 5.26 Å². The zero-order valence-electron chi connectivity index (χ0n) is 15.9. The second-order valence-corrected chi connectivity index (χ2v) is 6.34. The van der Waals surface area contributed by atoms with Crippen LogP contribution >= 0.6 is 0 Å². The quantitative estimate of drug-likeness (QED) is 0.790. The second-order valence-electron chi connectivity index (χ2n) is 6.34. The highest BCUT2D eigenvalue weighted by molar-refractivity contribution is 5.95. The highest BCUT2D eigenvalue weighted by atomic mass is 16.5. The third-order valence-electron chi connectivity index (χ3n) is 4.32. The number of hydrogen-bond donors (Lipinski definition) is 0. The van der Waals surface area contributed by atoms with E-state index < -0.39 is 0 Å². The Morgan fingerprint density at radius 1 is 1.12 bits per heavy atom. The predicted molar refractivity (Wildman–Crippen MR) is 100 cm³/mol. The minimum atomic E-state index is -0.0963. The molecule has 0 spiro atoms. The number of rotatable bonds is 6. The van der Waals surface area contributed by atoms with Crippen molar-refractivity contribution in [2.45, 2.75) is 33.4 Å². The van der Waals surface area contributed by atoms with Crippen molar-refractivity contribution in [3.8, 4) is 17.6 Å². The SMILES string of the molecule is COc1cc(C(=O)N(Cc2ccc(C#N)cc2)C(C)C)cc(OC)c1C. The van der Waals surface area contributed by atoms with E-state index in [1.165, 1.54) is 0 Å². The van der Waals surface area contributed by atoms with E-state index in [2.05, 4.69) is 6.07 Å². The van der Waals surface area contributed by atoms with Crippen LogP contribution in [0.25, 0.3) is 0 Å². The third-order valence-corrected chi connectivity index (χ3v) is 4.32. The summed E-state index contributed by atoms with van der Waals surface area (Å²) in [4.78, 5) is 14.9. The van der Waals surface area contributed by atoms with Gasteiger partial charge in [0.2, 0.25) is 0 Å². The first kappa shape index (κ1) is 19.3. The van der Waals surface area contributed by atoms with Crippen LogP contribution in [0.3, 0.4) is 0 Å². The molecular formula is C21H24N2O3. The molecular weight excluding hydrogens is 328 g/mol. The standard InChI is InChI=1S/C21H24N2O3/c1-14(2)23(13-17-8-6-16(12-22)7-9-17)21(24)18-10-19(25-4)15(3)20(11-18)26-5/h6-11,14H,13H2,1-5H3. The van der Waals surface area contributed by atoms with Crippen LogP contribution in [0.4, 0.5) is 0 Å². The molecule has 5 nitrogen and oxygen atoms in total. The van der Waals surface area contributed by atoms with Gasteiger partial charge in [0.25, 0.3) is 5.91 Å². The van der Waals surface area contributed by atoms with Crippen LogP contribution in [0, 0.1) is 18.3 Å². The Labute approximate surface area is 154 Å². The van der Waals surface area contributed by atoms with Gasteiger partial charge >= 0.3 is 0 Å². The number of ether oxygens (including phenoxy) is 2. The summed E-state index contributed by atoms with van der Waals surface area (Å²) < 4.78 is 10.8. The van der Waals surface area contributed by atoms with Crippen molar-refractivity contribution < 1.29 is 14.3 Å². The van der Waals surface area contributed by atoms with Crippen molar-refractivity contribution in [1.82, 2.24) is 4.90 Å². The molecule has 2 aromatic rings. The lowest BCUT2D eigenvalue weighted by atomic mass is 10.1. The third kappa shape index (κ3) is 4.15. The highest BCUT2D eigenvalue weighted by Crippen LogP contribution is 2.30. The molecule has 0 fully saturated rings. The molecule has 0 saturated heterocycles. The smallest absolute Gasteiger partial charge is 0.254 e. The van der Waals surface area contributed by atoms with Crippen molar-refractivity contribution in [3.05, 3.63) is 58.7 Å². The van der Waals surface area contributed by atoms with E-state index in [-0.39, 0.29) is 11.9 Å². The summed E-state index contributed by atoms with van der Waals surface area (Å²) in [6, 6.07) is 12.9. The Hall–Kier alpha value is -3.00. The van der Waals surface area contributed by atoms with E-state index in [1.807, 2.05) is 32.9 Å². The van der Waals surface area contributed by atoms with Crippen molar-refractivity contribution >= 4 is 5.91 Å². The van der Waals surface area contributed by atoms with E-state index in [9.17, 15) is 4.79 Å². The molecule has 0 aliphatic heterocycles. The molecule has 0 aromatic heterocycles. The Balaban J connectivity index is 2.35. The van der Waals surface area contributed by atoms with Crippen molar-refractivity contribution in [2.24, 2.45) is 0 Å². The van der Waals surface area contributed by atoms with Gasteiger partial charge in [-0.15, -0.1) is 0 Å². The monoisotopic (exact) mass is 352 g/mol. The summed E-state index contributed by atoms with van der Waals surface area (Å²) in [6.07, 6.45) is 0. The second kappa shape index (κ2) is 8.39. The maximum atomic E-state index is 13.1. The fraction of sp³-hybridized carbons (Fsp3) is 0.333. The van der Waals surface area contributed by atoms with E-state index in [4.69, 9.17) is 14.7 Å². The molecule has 0 unspecified atom stereocenters. The maximum Gasteiger partial charge on any atom is 0.254 e. The molecule has 136 valence electrons. The van der Waals surface area contributed by atoms with Crippen LogP contribution in [0.1, 0.15) is 40.9 Å². The van der Waals surface area contributed by atoms with Gasteiger partial charge in [0.1, 0.15) is 11.5 Å². The summed E-state index contributed by atoms with van der Waals surface area (Å²) in [7, 11) is 3.15. The Morgan fingerprint density at radius 2 is 1.65 bits per heavy atom. The van der Waals surface area contributed by atoms with Gasteiger partial charge in [-0.25, -0.2) is 0 Å². The van der Waals surface area contributed by atoms with Crippen LogP contribution in [0.2, 0.25) is 0 Å². The van der Waals surface area contributed by atoms with Gasteiger partial charge in [-0.2, -0.15) is 5.26 Å². The molecule has 5 heteroatoms. The number of benzene rings is 2. The molecule has 0 saturated carbocycles. The van der Waals surface area contributed by atoms with Gasteiger partial charge in [-0.1, -0.05) is 12.1 Å². The molecule has 2 aromatic carbocycles. The molecule has 0 bridgehead atoms. The molecule has 2 rings (SSSR count). The van der Waals surface area contributed by atoms with Gasteiger partial charge in [0.05, 0.1) is 25.9 Å². The fourth-order valence-electron chi connectivity index (χ4n) is 2.75. The lowest BCUT2D eigenvalue weighted by Gasteiger charge is -2.27. The first-order valence-corrected chi connectivity index (χ1v) is 8.43. The van der Waals surface area contributed by atoms with Crippen LogP contribution in [-0.2, 0) is 6.54 Å². The summed E-state index contributed by atoms with van der Waals surface area (Å²) in [5, 5.41) is 8.92. The van der Waals surface area contributed by atoms with Gasteiger partial charge in [0.15, 0.2) is 0 Å². The van der Waals surface area contributed by atoms with Crippen LogP contribution in [0.5, 0.6) is 11.5 Å². The zero-order valence-corrected chi connectivity index (χ0v) is 15.9. The predicted octanol–water partition coefficient (Wildman–Crippen LogP) is 3.93. The number of hydrogen-bond acceptors (Lipinski definition) is 4. The van der Waals surface area contributed by atoms with Crippen molar-refractivity contribution in [2.75, 3.05) is 14.2 Å². The summed E-state index contributed by atoms with van der Waals surface area (Å²) in [5.41, 5.74) is 2.95. The first-order valence-electron chi connectivity index (χ1n) is 8.43. The maximum absolute atomic E-state index is 13.1.